The molecule has 1 heterocycles. The maximum atomic E-state index is 13.0. The maximum Gasteiger partial charge on any atom is 0.339 e. The smallest absolute Gasteiger partial charge is 0.339 e. The fourth-order valence-electron chi connectivity index (χ4n) is 1.47. The fourth-order valence-corrected chi connectivity index (χ4v) is 1.47. The Morgan fingerprint density at radius 3 is 3.00 bits per heavy atom. The number of nitrogens with zero attached hydrogens (tertiary/aromatic N) is 2. The summed E-state index contributed by atoms with van der Waals surface area (Å²) in [5, 5.41) is 12.9. The second-order valence-corrected chi connectivity index (χ2v) is 3.56. The maximum absolute atomic E-state index is 13.0. The van der Waals surface area contributed by atoms with Crippen LogP contribution in [-0.4, -0.2) is 27.5 Å². The lowest BCUT2D eigenvalue weighted by Gasteiger charge is -2.09. The van der Waals surface area contributed by atoms with Gasteiger partial charge in [-0.1, -0.05) is 0 Å². The van der Waals surface area contributed by atoms with Gasteiger partial charge in [-0.3, -0.25) is 4.68 Å². The van der Waals surface area contributed by atoms with Gasteiger partial charge in [0.1, 0.15) is 23.7 Å². The van der Waals surface area contributed by atoms with Gasteiger partial charge in [-0.05, 0) is 18.2 Å². The van der Waals surface area contributed by atoms with Crippen molar-refractivity contribution in [1.82, 2.24) is 9.78 Å². The van der Waals surface area contributed by atoms with Crippen molar-refractivity contribution in [2.45, 2.75) is 6.54 Å². The lowest BCUT2D eigenvalue weighted by Crippen LogP contribution is -2.10. The highest BCUT2D eigenvalue weighted by Gasteiger charge is 2.12. The highest BCUT2D eigenvalue weighted by molar-refractivity contribution is 5.90. The van der Waals surface area contributed by atoms with Crippen LogP contribution in [0.5, 0.6) is 5.75 Å². The SMILES string of the molecule is O=C(O)c1ccc(F)cc1OCCn1cccn1. The number of aromatic nitrogens is 2. The van der Waals surface area contributed by atoms with Crippen molar-refractivity contribution < 1.29 is 19.0 Å². The topological polar surface area (TPSA) is 64.3 Å². The van der Waals surface area contributed by atoms with Gasteiger partial charge >= 0.3 is 5.97 Å². The number of benzene rings is 1. The Hall–Kier alpha value is -2.37. The van der Waals surface area contributed by atoms with E-state index in [1.807, 2.05) is 0 Å². The number of halogens is 1. The summed E-state index contributed by atoms with van der Waals surface area (Å²) < 4.78 is 19.9. The average molecular weight is 250 g/mol. The molecule has 2 aromatic rings. The van der Waals surface area contributed by atoms with Gasteiger partial charge in [0.25, 0.3) is 0 Å². The van der Waals surface area contributed by atoms with E-state index < -0.39 is 11.8 Å². The first kappa shape index (κ1) is 12.1. The molecule has 0 atom stereocenters. The molecule has 94 valence electrons. The summed E-state index contributed by atoms with van der Waals surface area (Å²) in [4.78, 5) is 10.9. The van der Waals surface area contributed by atoms with Crippen LogP contribution in [0.2, 0.25) is 0 Å². The molecule has 0 spiro atoms. The first-order valence-electron chi connectivity index (χ1n) is 5.30. The van der Waals surface area contributed by atoms with Gasteiger partial charge in [0.2, 0.25) is 0 Å². The molecule has 0 amide bonds. The molecule has 1 aromatic carbocycles. The molecule has 1 N–H and O–H groups in total. The minimum absolute atomic E-state index is 0.0228. The van der Waals surface area contributed by atoms with Gasteiger partial charge < -0.3 is 9.84 Å². The minimum atomic E-state index is -1.15. The molecule has 0 unspecified atom stereocenters. The van der Waals surface area contributed by atoms with Crippen molar-refractivity contribution in [3.05, 3.63) is 48.0 Å². The molecule has 1 aromatic heterocycles. The van der Waals surface area contributed by atoms with Crippen molar-refractivity contribution in [3.63, 3.8) is 0 Å². The Labute approximate surface area is 102 Å². The van der Waals surface area contributed by atoms with Crippen LogP contribution >= 0.6 is 0 Å². The van der Waals surface area contributed by atoms with Crippen LogP contribution in [0, 0.1) is 5.82 Å². The molecule has 18 heavy (non-hydrogen) atoms. The highest BCUT2D eigenvalue weighted by atomic mass is 19.1. The van der Waals surface area contributed by atoms with Crippen molar-refractivity contribution >= 4 is 5.97 Å². The molecule has 0 bridgehead atoms. The molecule has 5 nitrogen and oxygen atoms in total. The van der Waals surface area contributed by atoms with Crippen LogP contribution in [0.15, 0.2) is 36.7 Å². The van der Waals surface area contributed by atoms with E-state index in [0.717, 1.165) is 12.1 Å². The van der Waals surface area contributed by atoms with Gasteiger partial charge in [0.15, 0.2) is 0 Å². The predicted molar refractivity (Wildman–Crippen MR) is 61.1 cm³/mol. The van der Waals surface area contributed by atoms with Gasteiger partial charge in [-0.25, -0.2) is 9.18 Å². The van der Waals surface area contributed by atoms with Crippen LogP contribution in [0.4, 0.5) is 4.39 Å². The predicted octanol–water partition coefficient (Wildman–Crippen LogP) is 1.80. The molecule has 0 aliphatic heterocycles. The number of carboxylic acids is 1. The molecule has 0 radical (unpaired) electrons. The second-order valence-electron chi connectivity index (χ2n) is 3.56. The van der Waals surface area contributed by atoms with E-state index in [-0.39, 0.29) is 17.9 Å². The summed E-state index contributed by atoms with van der Waals surface area (Å²) in [5.41, 5.74) is -0.0585. The number of aromatic carboxylic acids is 1. The van der Waals surface area contributed by atoms with Gasteiger partial charge in [-0.15, -0.1) is 0 Å². The monoisotopic (exact) mass is 250 g/mol. The van der Waals surface area contributed by atoms with Crippen molar-refractivity contribution in [3.8, 4) is 5.75 Å². The van der Waals surface area contributed by atoms with Crippen LogP contribution in [0.3, 0.4) is 0 Å². The zero-order chi connectivity index (χ0) is 13.0. The number of carboxylic acid groups (broad SMARTS) is 1. The van der Waals surface area contributed by atoms with Crippen LogP contribution in [0.1, 0.15) is 10.4 Å². The first-order chi connectivity index (χ1) is 8.66. The number of ether oxygens (including phenoxy) is 1. The summed E-state index contributed by atoms with van der Waals surface area (Å²) in [5.74, 6) is -1.66. The van der Waals surface area contributed by atoms with E-state index in [4.69, 9.17) is 9.84 Å². The molecular formula is C12H11FN2O3. The molecule has 6 heteroatoms. The Bertz CT molecular complexity index is 540. The lowest BCUT2D eigenvalue weighted by atomic mass is 10.2. The lowest BCUT2D eigenvalue weighted by molar-refractivity contribution is 0.0692. The largest absolute Gasteiger partial charge is 0.491 e. The van der Waals surface area contributed by atoms with Crippen LogP contribution < -0.4 is 4.74 Å². The van der Waals surface area contributed by atoms with Crippen molar-refractivity contribution in [2.24, 2.45) is 0 Å². The van der Waals surface area contributed by atoms with E-state index in [0.29, 0.717) is 6.54 Å². The van der Waals surface area contributed by atoms with Gasteiger partial charge in [0.05, 0.1) is 6.54 Å². The zero-order valence-electron chi connectivity index (χ0n) is 9.41. The van der Waals surface area contributed by atoms with Crippen molar-refractivity contribution in [1.29, 1.82) is 0 Å². The van der Waals surface area contributed by atoms with Crippen LogP contribution in [-0.2, 0) is 6.54 Å². The molecule has 0 saturated carbocycles. The third-order valence-electron chi connectivity index (χ3n) is 2.31. The highest BCUT2D eigenvalue weighted by Crippen LogP contribution is 2.19. The fraction of sp³-hybridized carbons (Fsp3) is 0.167. The summed E-state index contributed by atoms with van der Waals surface area (Å²) in [6.45, 7) is 0.675. The Morgan fingerprint density at radius 1 is 1.50 bits per heavy atom. The second kappa shape index (κ2) is 5.31. The summed E-state index contributed by atoms with van der Waals surface area (Å²) in [6.07, 6.45) is 3.39. The van der Waals surface area contributed by atoms with E-state index in [2.05, 4.69) is 5.10 Å². The molecule has 2 rings (SSSR count). The standard InChI is InChI=1S/C12H11FN2O3/c13-9-2-3-10(12(16)17)11(8-9)18-7-6-15-5-1-4-14-15/h1-5,8H,6-7H2,(H,16,17). The number of rotatable bonds is 5. The number of hydrogen-bond donors (Lipinski definition) is 1. The zero-order valence-corrected chi connectivity index (χ0v) is 9.41. The van der Waals surface area contributed by atoms with E-state index in [1.54, 1.807) is 23.1 Å². The quantitative estimate of drug-likeness (QED) is 0.878. The van der Waals surface area contributed by atoms with E-state index in [1.165, 1.54) is 6.07 Å². The Morgan fingerprint density at radius 2 is 2.33 bits per heavy atom. The van der Waals surface area contributed by atoms with Gasteiger partial charge in [0, 0.05) is 18.5 Å². The van der Waals surface area contributed by atoms with E-state index in [9.17, 15) is 9.18 Å². The summed E-state index contributed by atoms with van der Waals surface area (Å²) in [7, 11) is 0. The van der Waals surface area contributed by atoms with Gasteiger partial charge in [-0.2, -0.15) is 5.10 Å². The molecule has 0 aliphatic carbocycles. The Kier molecular flexibility index (Phi) is 3.57. The summed E-state index contributed by atoms with van der Waals surface area (Å²) >= 11 is 0. The van der Waals surface area contributed by atoms with Crippen molar-refractivity contribution in [2.75, 3.05) is 6.61 Å². The molecule has 0 aliphatic rings. The number of hydrogen-bond acceptors (Lipinski definition) is 3. The first-order valence-corrected chi connectivity index (χ1v) is 5.30. The Balaban J connectivity index is 2.03. The minimum Gasteiger partial charge on any atom is -0.491 e. The molecule has 0 saturated heterocycles. The third kappa shape index (κ3) is 2.85. The number of carbonyl (C=O) groups is 1. The normalized spacial score (nSPS) is 10.3. The van der Waals surface area contributed by atoms with Crippen LogP contribution in [0.25, 0.3) is 0 Å². The van der Waals surface area contributed by atoms with E-state index >= 15 is 0 Å². The average Bonchev–Trinajstić information content (AvgIpc) is 2.82. The molecule has 0 fully saturated rings. The molecular weight excluding hydrogens is 239 g/mol. The third-order valence-corrected chi connectivity index (χ3v) is 2.31. The summed E-state index contributed by atoms with van der Waals surface area (Å²) in [6, 6.07) is 5.10.